The van der Waals surface area contributed by atoms with Crippen LogP contribution in [0, 0.1) is 5.92 Å². The fraction of sp³-hybridized carbons (Fsp3) is 0.650. The molecule has 0 aliphatic carbocycles. The molecule has 24 heavy (non-hydrogen) atoms. The van der Waals surface area contributed by atoms with Crippen LogP contribution in [0.2, 0.25) is 0 Å². The fourth-order valence-electron chi connectivity index (χ4n) is 3.90. The molecular formula is C20H31N3O. The van der Waals surface area contributed by atoms with Crippen molar-refractivity contribution in [2.24, 2.45) is 5.92 Å². The zero-order valence-electron chi connectivity index (χ0n) is 15.0. The van der Waals surface area contributed by atoms with E-state index in [2.05, 4.69) is 41.4 Å². The molecule has 1 aromatic carbocycles. The SMILES string of the molecule is CC1CCCN(C(=O)NCc2ccccc2CN2CCCCC2)C1. The molecule has 1 unspecified atom stereocenters. The van der Waals surface area contributed by atoms with Gasteiger partial charge in [-0.3, -0.25) is 4.90 Å². The predicted molar refractivity (Wildman–Crippen MR) is 97.8 cm³/mol. The van der Waals surface area contributed by atoms with E-state index in [-0.39, 0.29) is 6.03 Å². The zero-order chi connectivity index (χ0) is 16.8. The maximum Gasteiger partial charge on any atom is 0.317 e. The maximum atomic E-state index is 12.4. The molecule has 132 valence electrons. The molecule has 2 aliphatic rings. The Kier molecular flexibility index (Phi) is 6.13. The van der Waals surface area contributed by atoms with Gasteiger partial charge in [0.15, 0.2) is 0 Å². The summed E-state index contributed by atoms with van der Waals surface area (Å²) in [6, 6.07) is 8.63. The number of carbonyl (C=O) groups is 1. The third-order valence-electron chi connectivity index (χ3n) is 5.34. The highest BCUT2D eigenvalue weighted by atomic mass is 16.2. The number of piperidine rings is 2. The van der Waals surface area contributed by atoms with Crippen molar-refractivity contribution in [1.82, 2.24) is 15.1 Å². The Labute approximate surface area is 146 Å². The Morgan fingerprint density at radius 2 is 1.83 bits per heavy atom. The summed E-state index contributed by atoms with van der Waals surface area (Å²) < 4.78 is 0. The molecule has 2 amide bonds. The number of carbonyl (C=O) groups excluding carboxylic acids is 1. The molecule has 3 rings (SSSR count). The molecule has 0 radical (unpaired) electrons. The quantitative estimate of drug-likeness (QED) is 0.916. The van der Waals surface area contributed by atoms with Gasteiger partial charge in [-0.2, -0.15) is 0 Å². The van der Waals surface area contributed by atoms with E-state index in [1.807, 2.05) is 4.90 Å². The van der Waals surface area contributed by atoms with Gasteiger partial charge in [0.2, 0.25) is 0 Å². The number of nitrogens with one attached hydrogen (secondary N) is 1. The highest BCUT2D eigenvalue weighted by Gasteiger charge is 2.20. The molecule has 2 fully saturated rings. The lowest BCUT2D eigenvalue weighted by Crippen LogP contribution is -2.44. The van der Waals surface area contributed by atoms with Crippen LogP contribution in [0.4, 0.5) is 4.79 Å². The number of benzene rings is 1. The minimum absolute atomic E-state index is 0.0920. The van der Waals surface area contributed by atoms with Gasteiger partial charge in [-0.1, -0.05) is 37.6 Å². The lowest BCUT2D eigenvalue weighted by molar-refractivity contribution is 0.169. The topological polar surface area (TPSA) is 35.6 Å². The standard InChI is InChI=1S/C20H31N3O/c1-17-8-7-13-23(15-17)20(24)21-14-18-9-3-4-10-19(18)16-22-11-5-2-6-12-22/h3-4,9-10,17H,2,5-8,11-16H2,1H3,(H,21,24). The first kappa shape index (κ1) is 17.3. The van der Waals surface area contributed by atoms with E-state index in [9.17, 15) is 4.79 Å². The Balaban J connectivity index is 1.55. The maximum absolute atomic E-state index is 12.4. The summed E-state index contributed by atoms with van der Waals surface area (Å²) in [6.07, 6.45) is 6.35. The van der Waals surface area contributed by atoms with Crippen LogP contribution in [0.25, 0.3) is 0 Å². The van der Waals surface area contributed by atoms with Crippen molar-refractivity contribution in [2.45, 2.75) is 52.1 Å². The largest absolute Gasteiger partial charge is 0.334 e. The summed E-state index contributed by atoms with van der Waals surface area (Å²) in [5.74, 6) is 0.621. The van der Waals surface area contributed by atoms with Crippen LogP contribution in [-0.2, 0) is 13.1 Å². The molecular weight excluding hydrogens is 298 g/mol. The van der Waals surface area contributed by atoms with Crippen LogP contribution < -0.4 is 5.32 Å². The Morgan fingerprint density at radius 1 is 1.08 bits per heavy atom. The summed E-state index contributed by atoms with van der Waals surface area (Å²) in [4.78, 5) is 16.9. The second-order valence-corrected chi connectivity index (χ2v) is 7.46. The molecule has 1 atom stereocenters. The number of urea groups is 1. The molecule has 0 bridgehead atoms. The number of nitrogens with zero attached hydrogens (tertiary/aromatic N) is 2. The van der Waals surface area contributed by atoms with Crippen LogP contribution in [-0.4, -0.2) is 42.0 Å². The molecule has 0 spiro atoms. The second kappa shape index (κ2) is 8.52. The normalized spacial score (nSPS) is 22.4. The molecule has 0 aromatic heterocycles. The van der Waals surface area contributed by atoms with Crippen LogP contribution >= 0.6 is 0 Å². The lowest BCUT2D eigenvalue weighted by atomic mass is 10.0. The molecule has 2 heterocycles. The summed E-state index contributed by atoms with van der Waals surface area (Å²) in [5.41, 5.74) is 2.60. The molecule has 2 saturated heterocycles. The van der Waals surface area contributed by atoms with Crippen molar-refractivity contribution in [3.8, 4) is 0 Å². The molecule has 2 aliphatic heterocycles. The van der Waals surface area contributed by atoms with Gasteiger partial charge in [0.05, 0.1) is 0 Å². The van der Waals surface area contributed by atoms with Crippen molar-refractivity contribution < 1.29 is 4.79 Å². The van der Waals surface area contributed by atoms with Gasteiger partial charge in [0.1, 0.15) is 0 Å². The van der Waals surface area contributed by atoms with Gasteiger partial charge in [-0.15, -0.1) is 0 Å². The molecule has 4 heteroatoms. The van der Waals surface area contributed by atoms with E-state index in [1.165, 1.54) is 49.9 Å². The van der Waals surface area contributed by atoms with E-state index in [0.29, 0.717) is 12.5 Å². The summed E-state index contributed by atoms with van der Waals surface area (Å²) in [7, 11) is 0. The second-order valence-electron chi connectivity index (χ2n) is 7.46. The third kappa shape index (κ3) is 4.73. The molecule has 1 N–H and O–H groups in total. The van der Waals surface area contributed by atoms with E-state index in [4.69, 9.17) is 0 Å². The van der Waals surface area contributed by atoms with Crippen molar-refractivity contribution >= 4 is 6.03 Å². The first-order chi connectivity index (χ1) is 11.7. The highest BCUT2D eigenvalue weighted by Crippen LogP contribution is 2.17. The molecule has 0 saturated carbocycles. The van der Waals surface area contributed by atoms with Crippen LogP contribution in [0.5, 0.6) is 0 Å². The summed E-state index contributed by atoms with van der Waals surface area (Å²) in [6.45, 7) is 8.06. The smallest absolute Gasteiger partial charge is 0.317 e. The highest BCUT2D eigenvalue weighted by molar-refractivity contribution is 5.74. The van der Waals surface area contributed by atoms with Crippen LogP contribution in [0.1, 0.15) is 50.2 Å². The number of hydrogen-bond donors (Lipinski definition) is 1. The van der Waals surface area contributed by atoms with Crippen molar-refractivity contribution in [3.05, 3.63) is 35.4 Å². The Hall–Kier alpha value is -1.55. The summed E-state index contributed by atoms with van der Waals surface area (Å²) >= 11 is 0. The van der Waals surface area contributed by atoms with E-state index < -0.39 is 0 Å². The Morgan fingerprint density at radius 3 is 2.58 bits per heavy atom. The number of rotatable bonds is 4. The lowest BCUT2D eigenvalue weighted by Gasteiger charge is -2.31. The molecule has 1 aromatic rings. The first-order valence-corrected chi connectivity index (χ1v) is 9.54. The van der Waals surface area contributed by atoms with Gasteiger partial charge in [-0.05, 0) is 55.8 Å². The summed E-state index contributed by atoms with van der Waals surface area (Å²) in [5, 5.41) is 3.14. The monoisotopic (exact) mass is 329 g/mol. The Bertz CT molecular complexity index is 539. The van der Waals surface area contributed by atoms with E-state index in [0.717, 1.165) is 26.1 Å². The van der Waals surface area contributed by atoms with Gasteiger partial charge in [-0.25, -0.2) is 4.79 Å². The number of likely N-dealkylation sites (tertiary alicyclic amines) is 2. The minimum Gasteiger partial charge on any atom is -0.334 e. The first-order valence-electron chi connectivity index (χ1n) is 9.54. The van der Waals surface area contributed by atoms with Gasteiger partial charge in [0, 0.05) is 26.2 Å². The number of hydrogen-bond acceptors (Lipinski definition) is 2. The van der Waals surface area contributed by atoms with Crippen LogP contribution in [0.15, 0.2) is 24.3 Å². The van der Waals surface area contributed by atoms with Crippen LogP contribution in [0.3, 0.4) is 0 Å². The number of amides is 2. The van der Waals surface area contributed by atoms with Gasteiger partial charge >= 0.3 is 6.03 Å². The molecule has 4 nitrogen and oxygen atoms in total. The van der Waals surface area contributed by atoms with Crippen molar-refractivity contribution in [3.63, 3.8) is 0 Å². The van der Waals surface area contributed by atoms with E-state index in [1.54, 1.807) is 0 Å². The predicted octanol–water partition coefficient (Wildman–Crippen LogP) is 3.61. The minimum atomic E-state index is 0.0920. The van der Waals surface area contributed by atoms with Crippen molar-refractivity contribution in [2.75, 3.05) is 26.2 Å². The zero-order valence-corrected chi connectivity index (χ0v) is 15.0. The average Bonchev–Trinajstić information content (AvgIpc) is 2.61. The third-order valence-corrected chi connectivity index (χ3v) is 5.34. The van der Waals surface area contributed by atoms with Gasteiger partial charge < -0.3 is 10.2 Å². The fourth-order valence-corrected chi connectivity index (χ4v) is 3.90. The average molecular weight is 329 g/mol. The van der Waals surface area contributed by atoms with Crippen molar-refractivity contribution in [1.29, 1.82) is 0 Å². The van der Waals surface area contributed by atoms with E-state index >= 15 is 0 Å². The van der Waals surface area contributed by atoms with Gasteiger partial charge in [0.25, 0.3) is 0 Å².